The standard InChI is InChI=1S/C9H21NO3S/c1-8(13-5)7-9(2,3)10(4)14(6,11)12/h8H,7H2,1-6H3. The number of sulfonamides is 1. The summed E-state index contributed by atoms with van der Waals surface area (Å²) in [5.41, 5.74) is -0.414. The van der Waals surface area contributed by atoms with Gasteiger partial charge in [0.05, 0.1) is 12.4 Å². The minimum absolute atomic E-state index is 0.0502. The molecule has 0 rings (SSSR count). The van der Waals surface area contributed by atoms with Gasteiger partial charge in [0.25, 0.3) is 0 Å². The van der Waals surface area contributed by atoms with Gasteiger partial charge in [-0.05, 0) is 27.2 Å². The Morgan fingerprint density at radius 2 is 1.86 bits per heavy atom. The molecular weight excluding hydrogens is 202 g/mol. The number of methoxy groups -OCH3 is 1. The predicted octanol–water partition coefficient (Wildman–Crippen LogP) is 1.08. The van der Waals surface area contributed by atoms with E-state index in [1.807, 2.05) is 20.8 Å². The van der Waals surface area contributed by atoms with Crippen molar-refractivity contribution in [1.29, 1.82) is 0 Å². The Morgan fingerprint density at radius 3 is 2.14 bits per heavy atom. The molecule has 0 aliphatic rings. The monoisotopic (exact) mass is 223 g/mol. The van der Waals surface area contributed by atoms with Gasteiger partial charge in [0.1, 0.15) is 0 Å². The number of hydrogen-bond acceptors (Lipinski definition) is 3. The first-order chi connectivity index (χ1) is 6.11. The minimum atomic E-state index is -3.14. The molecule has 0 radical (unpaired) electrons. The summed E-state index contributed by atoms with van der Waals surface area (Å²) in [7, 11) is 0.0846. The van der Waals surface area contributed by atoms with Gasteiger partial charge < -0.3 is 4.74 Å². The van der Waals surface area contributed by atoms with Crippen LogP contribution < -0.4 is 0 Å². The van der Waals surface area contributed by atoms with Crippen molar-refractivity contribution >= 4 is 10.0 Å². The van der Waals surface area contributed by atoms with Crippen LogP contribution in [0.4, 0.5) is 0 Å². The van der Waals surface area contributed by atoms with E-state index >= 15 is 0 Å². The van der Waals surface area contributed by atoms with Crippen LogP contribution in [0.2, 0.25) is 0 Å². The summed E-state index contributed by atoms with van der Waals surface area (Å²) in [5.74, 6) is 0. The second-order valence-corrected chi connectivity index (χ2v) is 6.31. The van der Waals surface area contributed by atoms with Gasteiger partial charge in [-0.15, -0.1) is 0 Å². The van der Waals surface area contributed by atoms with Crippen molar-refractivity contribution in [3.05, 3.63) is 0 Å². The second kappa shape index (κ2) is 4.59. The fourth-order valence-electron chi connectivity index (χ4n) is 1.36. The van der Waals surface area contributed by atoms with Crippen molar-refractivity contribution in [2.45, 2.75) is 38.8 Å². The molecule has 86 valence electrons. The highest BCUT2D eigenvalue weighted by molar-refractivity contribution is 7.88. The summed E-state index contributed by atoms with van der Waals surface area (Å²) >= 11 is 0. The van der Waals surface area contributed by atoms with Crippen molar-refractivity contribution in [2.75, 3.05) is 20.4 Å². The van der Waals surface area contributed by atoms with Crippen LogP contribution in [0.5, 0.6) is 0 Å². The van der Waals surface area contributed by atoms with E-state index in [2.05, 4.69) is 0 Å². The van der Waals surface area contributed by atoms with Gasteiger partial charge in [0, 0.05) is 19.7 Å². The van der Waals surface area contributed by atoms with E-state index in [1.165, 1.54) is 10.6 Å². The van der Waals surface area contributed by atoms with Gasteiger partial charge >= 0.3 is 0 Å². The SMILES string of the molecule is COC(C)CC(C)(C)N(C)S(C)(=O)=O. The number of hydrogen-bond donors (Lipinski definition) is 0. The van der Waals surface area contributed by atoms with Crippen molar-refractivity contribution in [3.8, 4) is 0 Å². The molecule has 0 aromatic rings. The van der Waals surface area contributed by atoms with Crippen LogP contribution in [-0.4, -0.2) is 44.8 Å². The first-order valence-electron chi connectivity index (χ1n) is 4.58. The average molecular weight is 223 g/mol. The maximum atomic E-state index is 11.3. The normalized spacial score (nSPS) is 15.9. The molecular formula is C9H21NO3S. The van der Waals surface area contributed by atoms with Crippen LogP contribution in [-0.2, 0) is 14.8 Å². The van der Waals surface area contributed by atoms with E-state index < -0.39 is 15.6 Å². The molecule has 0 aliphatic heterocycles. The van der Waals surface area contributed by atoms with E-state index in [4.69, 9.17) is 4.74 Å². The summed E-state index contributed by atoms with van der Waals surface area (Å²) in [6.07, 6.45) is 1.94. The Hall–Kier alpha value is -0.130. The van der Waals surface area contributed by atoms with Gasteiger partial charge in [-0.25, -0.2) is 8.42 Å². The Morgan fingerprint density at radius 1 is 1.43 bits per heavy atom. The van der Waals surface area contributed by atoms with Gasteiger partial charge in [0.15, 0.2) is 0 Å². The highest BCUT2D eigenvalue weighted by Crippen LogP contribution is 2.22. The lowest BCUT2D eigenvalue weighted by Gasteiger charge is -2.35. The van der Waals surface area contributed by atoms with Crippen molar-refractivity contribution in [1.82, 2.24) is 4.31 Å². The molecule has 0 heterocycles. The molecule has 0 amide bonds. The molecule has 1 atom stereocenters. The highest BCUT2D eigenvalue weighted by Gasteiger charge is 2.31. The molecule has 0 aliphatic carbocycles. The third-order valence-corrected chi connectivity index (χ3v) is 4.03. The fraction of sp³-hybridized carbons (Fsp3) is 1.00. The van der Waals surface area contributed by atoms with Crippen molar-refractivity contribution in [2.24, 2.45) is 0 Å². The van der Waals surface area contributed by atoms with E-state index in [9.17, 15) is 8.42 Å². The summed E-state index contributed by atoms with van der Waals surface area (Å²) in [6, 6.07) is 0. The van der Waals surface area contributed by atoms with E-state index in [-0.39, 0.29) is 6.10 Å². The van der Waals surface area contributed by atoms with Gasteiger partial charge in [-0.2, -0.15) is 4.31 Å². The smallest absolute Gasteiger partial charge is 0.211 e. The zero-order valence-electron chi connectivity index (χ0n) is 9.86. The molecule has 0 aromatic heterocycles. The lowest BCUT2D eigenvalue weighted by molar-refractivity contribution is 0.0717. The molecule has 0 saturated heterocycles. The molecule has 5 heteroatoms. The third kappa shape index (κ3) is 3.94. The largest absolute Gasteiger partial charge is 0.382 e. The van der Waals surface area contributed by atoms with Gasteiger partial charge in [-0.1, -0.05) is 0 Å². The Labute approximate surface area is 87.3 Å². The summed E-state index contributed by atoms with van der Waals surface area (Å²) in [4.78, 5) is 0. The Kier molecular flexibility index (Phi) is 4.55. The minimum Gasteiger partial charge on any atom is -0.382 e. The number of nitrogens with zero attached hydrogens (tertiary/aromatic N) is 1. The van der Waals surface area contributed by atoms with Crippen LogP contribution in [0.25, 0.3) is 0 Å². The lowest BCUT2D eigenvalue weighted by atomic mass is 9.98. The molecule has 0 N–H and O–H groups in total. The molecule has 0 bridgehead atoms. The molecule has 0 aromatic carbocycles. The molecule has 14 heavy (non-hydrogen) atoms. The van der Waals surface area contributed by atoms with E-state index in [0.29, 0.717) is 6.42 Å². The fourth-order valence-corrected chi connectivity index (χ4v) is 2.34. The quantitative estimate of drug-likeness (QED) is 0.700. The molecule has 4 nitrogen and oxygen atoms in total. The van der Waals surface area contributed by atoms with Crippen LogP contribution in [0.15, 0.2) is 0 Å². The zero-order chi connectivity index (χ0) is 11.6. The molecule has 0 fully saturated rings. The third-order valence-electron chi connectivity index (χ3n) is 2.54. The summed E-state index contributed by atoms with van der Waals surface area (Å²) in [5, 5.41) is 0. The van der Waals surface area contributed by atoms with Gasteiger partial charge in [0.2, 0.25) is 10.0 Å². The van der Waals surface area contributed by atoms with E-state index in [0.717, 1.165) is 0 Å². The molecule has 0 saturated carbocycles. The summed E-state index contributed by atoms with van der Waals surface area (Å²) in [6.45, 7) is 5.71. The zero-order valence-corrected chi connectivity index (χ0v) is 10.7. The van der Waals surface area contributed by atoms with Crippen LogP contribution in [0.3, 0.4) is 0 Å². The predicted molar refractivity (Wildman–Crippen MR) is 57.8 cm³/mol. The Bertz CT molecular complexity index is 272. The van der Waals surface area contributed by atoms with Crippen molar-refractivity contribution in [3.63, 3.8) is 0 Å². The molecule has 1 unspecified atom stereocenters. The maximum Gasteiger partial charge on any atom is 0.211 e. The maximum absolute atomic E-state index is 11.3. The number of ether oxygens (including phenoxy) is 1. The second-order valence-electron chi connectivity index (χ2n) is 4.29. The first kappa shape index (κ1) is 13.9. The van der Waals surface area contributed by atoms with Crippen LogP contribution in [0.1, 0.15) is 27.2 Å². The average Bonchev–Trinajstić information content (AvgIpc) is 2.00. The topological polar surface area (TPSA) is 46.6 Å². The first-order valence-corrected chi connectivity index (χ1v) is 6.43. The summed E-state index contributed by atoms with van der Waals surface area (Å²) < 4.78 is 29.2. The van der Waals surface area contributed by atoms with Crippen LogP contribution in [0, 0.1) is 0 Å². The molecule has 0 spiro atoms. The van der Waals surface area contributed by atoms with Crippen molar-refractivity contribution < 1.29 is 13.2 Å². The van der Waals surface area contributed by atoms with E-state index in [1.54, 1.807) is 14.2 Å². The number of rotatable bonds is 5. The van der Waals surface area contributed by atoms with Crippen LogP contribution >= 0.6 is 0 Å². The highest BCUT2D eigenvalue weighted by atomic mass is 32.2. The Balaban J connectivity index is 4.62. The lowest BCUT2D eigenvalue weighted by Crippen LogP contribution is -2.46. The van der Waals surface area contributed by atoms with Gasteiger partial charge in [-0.3, -0.25) is 0 Å².